The molecule has 0 saturated carbocycles. The van der Waals surface area contributed by atoms with E-state index in [-0.39, 0.29) is 6.61 Å². The third-order valence-electron chi connectivity index (χ3n) is 3.38. The SMILES string of the molecule is Cn1c(=O)c2c(ncn2[C@H]2C=C[C@@H](O)CO2)n(C)c1=O. The Morgan fingerprint density at radius 1 is 1.30 bits per heavy atom. The van der Waals surface area contributed by atoms with Gasteiger partial charge in [-0.3, -0.25) is 18.5 Å². The molecule has 2 aromatic rings. The first kappa shape index (κ1) is 12.8. The summed E-state index contributed by atoms with van der Waals surface area (Å²) in [6, 6.07) is 0. The Morgan fingerprint density at radius 3 is 2.70 bits per heavy atom. The molecule has 2 aromatic heterocycles. The van der Waals surface area contributed by atoms with Gasteiger partial charge in [-0.1, -0.05) is 6.08 Å². The van der Waals surface area contributed by atoms with Gasteiger partial charge in [0.25, 0.3) is 5.56 Å². The van der Waals surface area contributed by atoms with Crippen LogP contribution in [-0.4, -0.2) is 36.5 Å². The highest BCUT2D eigenvalue weighted by Gasteiger charge is 2.21. The Morgan fingerprint density at radius 2 is 2.05 bits per heavy atom. The molecular formula is C12H14N4O4. The van der Waals surface area contributed by atoms with Gasteiger partial charge in [0.15, 0.2) is 17.4 Å². The summed E-state index contributed by atoms with van der Waals surface area (Å²) < 4.78 is 9.36. The molecule has 2 atom stereocenters. The summed E-state index contributed by atoms with van der Waals surface area (Å²) in [4.78, 5) is 28.2. The minimum atomic E-state index is -0.645. The van der Waals surface area contributed by atoms with Crippen LogP contribution in [0.5, 0.6) is 0 Å². The lowest BCUT2D eigenvalue weighted by atomic mass is 10.2. The normalized spacial score (nSPS) is 22.6. The second-order valence-corrected chi connectivity index (χ2v) is 4.71. The molecule has 8 heteroatoms. The Kier molecular flexibility index (Phi) is 2.84. The summed E-state index contributed by atoms with van der Waals surface area (Å²) in [6.07, 6.45) is 3.55. The van der Waals surface area contributed by atoms with Crippen LogP contribution in [-0.2, 0) is 18.8 Å². The summed E-state index contributed by atoms with van der Waals surface area (Å²) >= 11 is 0. The predicted octanol–water partition coefficient (Wildman–Crippen LogP) is -1.12. The highest BCUT2D eigenvalue weighted by molar-refractivity contribution is 5.70. The average Bonchev–Trinajstić information content (AvgIpc) is 2.88. The van der Waals surface area contributed by atoms with Crippen molar-refractivity contribution in [2.75, 3.05) is 6.61 Å². The van der Waals surface area contributed by atoms with Crippen molar-refractivity contribution >= 4 is 11.2 Å². The molecular weight excluding hydrogens is 264 g/mol. The summed E-state index contributed by atoms with van der Waals surface area (Å²) in [5.41, 5.74) is -0.256. The van der Waals surface area contributed by atoms with Crippen LogP contribution in [0.3, 0.4) is 0 Å². The van der Waals surface area contributed by atoms with E-state index in [0.717, 1.165) is 4.57 Å². The first-order valence-electron chi connectivity index (χ1n) is 6.11. The molecule has 20 heavy (non-hydrogen) atoms. The molecule has 3 rings (SSSR count). The van der Waals surface area contributed by atoms with E-state index < -0.39 is 23.6 Å². The minimum absolute atomic E-state index is 0.146. The topological polar surface area (TPSA) is 91.3 Å². The monoisotopic (exact) mass is 278 g/mol. The number of aryl methyl sites for hydroxylation is 1. The number of imidazole rings is 1. The van der Waals surface area contributed by atoms with Gasteiger partial charge in [0.2, 0.25) is 0 Å². The summed E-state index contributed by atoms with van der Waals surface area (Å²) in [5.74, 6) is 0. The molecule has 0 aliphatic carbocycles. The number of aromatic nitrogens is 4. The lowest BCUT2D eigenvalue weighted by Gasteiger charge is -2.22. The number of rotatable bonds is 1. The van der Waals surface area contributed by atoms with Crippen LogP contribution < -0.4 is 11.2 Å². The number of aliphatic hydroxyl groups excluding tert-OH is 1. The van der Waals surface area contributed by atoms with Crippen molar-refractivity contribution in [2.45, 2.75) is 12.3 Å². The van der Waals surface area contributed by atoms with Crippen molar-refractivity contribution in [3.05, 3.63) is 39.3 Å². The van der Waals surface area contributed by atoms with E-state index in [1.165, 1.54) is 17.9 Å². The number of ether oxygens (including phenoxy) is 1. The van der Waals surface area contributed by atoms with E-state index in [2.05, 4.69) is 4.98 Å². The van der Waals surface area contributed by atoms with Gasteiger partial charge in [0.05, 0.1) is 12.7 Å². The number of hydrogen-bond donors (Lipinski definition) is 1. The van der Waals surface area contributed by atoms with Gasteiger partial charge < -0.3 is 9.84 Å². The lowest BCUT2D eigenvalue weighted by Crippen LogP contribution is -2.38. The molecule has 0 radical (unpaired) electrons. The minimum Gasteiger partial charge on any atom is -0.387 e. The second-order valence-electron chi connectivity index (χ2n) is 4.71. The maximum atomic E-state index is 12.2. The maximum Gasteiger partial charge on any atom is 0.332 e. The van der Waals surface area contributed by atoms with Crippen molar-refractivity contribution in [1.29, 1.82) is 0 Å². The smallest absolute Gasteiger partial charge is 0.332 e. The molecule has 1 aliphatic heterocycles. The molecule has 106 valence electrons. The average molecular weight is 278 g/mol. The molecule has 0 bridgehead atoms. The van der Waals surface area contributed by atoms with Crippen molar-refractivity contribution in [3.63, 3.8) is 0 Å². The van der Waals surface area contributed by atoms with Gasteiger partial charge in [-0.2, -0.15) is 0 Å². The standard InChI is InChI=1S/C12H14N4O4/c1-14-10-9(11(18)15(2)12(14)19)16(6-13-10)8-4-3-7(17)5-20-8/h3-4,6-8,17H,5H2,1-2H3/t7-,8-/m1/s1. The predicted molar refractivity (Wildman–Crippen MR) is 70.4 cm³/mol. The third-order valence-corrected chi connectivity index (χ3v) is 3.38. The van der Waals surface area contributed by atoms with Crippen LogP contribution in [0.15, 0.2) is 28.1 Å². The molecule has 0 fully saturated rings. The van der Waals surface area contributed by atoms with Crippen LogP contribution in [0.25, 0.3) is 11.2 Å². The summed E-state index contributed by atoms with van der Waals surface area (Å²) in [5, 5.41) is 9.37. The van der Waals surface area contributed by atoms with Crippen molar-refractivity contribution < 1.29 is 9.84 Å². The van der Waals surface area contributed by atoms with E-state index in [1.54, 1.807) is 23.8 Å². The van der Waals surface area contributed by atoms with Gasteiger partial charge in [-0.15, -0.1) is 0 Å². The van der Waals surface area contributed by atoms with Crippen molar-refractivity contribution in [2.24, 2.45) is 14.1 Å². The molecule has 8 nitrogen and oxygen atoms in total. The van der Waals surface area contributed by atoms with Gasteiger partial charge in [-0.25, -0.2) is 9.78 Å². The fourth-order valence-electron chi connectivity index (χ4n) is 2.26. The van der Waals surface area contributed by atoms with Crippen molar-refractivity contribution in [3.8, 4) is 0 Å². The first-order chi connectivity index (χ1) is 9.50. The lowest BCUT2D eigenvalue weighted by molar-refractivity contribution is -0.0163. The van der Waals surface area contributed by atoms with E-state index in [0.29, 0.717) is 11.2 Å². The Hall–Kier alpha value is -2.19. The van der Waals surface area contributed by atoms with Gasteiger partial charge in [-0.05, 0) is 6.08 Å². The maximum absolute atomic E-state index is 12.2. The van der Waals surface area contributed by atoms with Crippen LogP contribution in [0.1, 0.15) is 6.23 Å². The number of nitrogens with zero attached hydrogens (tertiary/aromatic N) is 4. The fraction of sp³-hybridized carbons (Fsp3) is 0.417. The highest BCUT2D eigenvalue weighted by atomic mass is 16.5. The second kappa shape index (κ2) is 4.43. The third kappa shape index (κ3) is 1.73. The van der Waals surface area contributed by atoms with Gasteiger partial charge in [0.1, 0.15) is 6.33 Å². The number of aliphatic hydroxyl groups is 1. The Balaban J connectivity index is 2.27. The zero-order chi connectivity index (χ0) is 14.4. The van der Waals surface area contributed by atoms with Crippen LogP contribution >= 0.6 is 0 Å². The Bertz CT molecular complexity index is 813. The largest absolute Gasteiger partial charge is 0.387 e. The molecule has 1 aliphatic rings. The summed E-state index contributed by atoms with van der Waals surface area (Å²) in [6.45, 7) is 0.146. The fourth-order valence-corrected chi connectivity index (χ4v) is 2.26. The molecule has 0 unspecified atom stereocenters. The van der Waals surface area contributed by atoms with E-state index in [1.807, 2.05) is 0 Å². The number of fused-ring (bicyclic) bond motifs is 1. The van der Waals surface area contributed by atoms with Crippen molar-refractivity contribution in [1.82, 2.24) is 18.7 Å². The highest BCUT2D eigenvalue weighted by Crippen LogP contribution is 2.19. The molecule has 0 aromatic carbocycles. The van der Waals surface area contributed by atoms with E-state index in [4.69, 9.17) is 4.74 Å². The van der Waals surface area contributed by atoms with Gasteiger partial charge >= 0.3 is 5.69 Å². The Labute approximate surface area is 113 Å². The van der Waals surface area contributed by atoms with Gasteiger partial charge in [0, 0.05) is 14.1 Å². The molecule has 1 N–H and O–H groups in total. The zero-order valence-electron chi connectivity index (χ0n) is 11.1. The van der Waals surface area contributed by atoms with Crippen LogP contribution in [0.4, 0.5) is 0 Å². The van der Waals surface area contributed by atoms with E-state index in [9.17, 15) is 14.7 Å². The molecule has 3 heterocycles. The zero-order valence-corrected chi connectivity index (χ0v) is 11.1. The molecule has 0 saturated heterocycles. The molecule has 0 spiro atoms. The quantitative estimate of drug-likeness (QED) is 0.667. The van der Waals surface area contributed by atoms with Crippen LogP contribution in [0, 0.1) is 0 Å². The first-order valence-corrected chi connectivity index (χ1v) is 6.11. The molecule has 0 amide bonds. The van der Waals surface area contributed by atoms with E-state index >= 15 is 0 Å². The summed E-state index contributed by atoms with van der Waals surface area (Å²) in [7, 11) is 2.98. The van der Waals surface area contributed by atoms with Crippen LogP contribution in [0.2, 0.25) is 0 Å². The number of hydrogen-bond acceptors (Lipinski definition) is 5.